The Balaban J connectivity index is 2.30. The first-order chi connectivity index (χ1) is 9.88. The number of amides is 1. The molecule has 0 aromatic heterocycles. The number of nitrogen functional groups attached to an aromatic ring is 1. The third-order valence-electron chi connectivity index (χ3n) is 3.37. The SMILES string of the molecule is Cc1ccc(C)c(Nc2ccc(C(=O)N(C)C)cc2N)c1. The van der Waals surface area contributed by atoms with Gasteiger partial charge in [0, 0.05) is 25.3 Å². The molecule has 2 aromatic carbocycles. The third-order valence-corrected chi connectivity index (χ3v) is 3.37. The van der Waals surface area contributed by atoms with E-state index in [4.69, 9.17) is 5.73 Å². The summed E-state index contributed by atoms with van der Waals surface area (Å²) >= 11 is 0. The third kappa shape index (κ3) is 3.34. The number of hydrogen-bond donors (Lipinski definition) is 2. The minimum absolute atomic E-state index is 0.0556. The molecule has 21 heavy (non-hydrogen) atoms. The summed E-state index contributed by atoms with van der Waals surface area (Å²) in [7, 11) is 3.45. The lowest BCUT2D eigenvalue weighted by Crippen LogP contribution is -2.21. The Bertz CT molecular complexity index is 678. The van der Waals surface area contributed by atoms with Crippen molar-refractivity contribution in [1.29, 1.82) is 0 Å². The van der Waals surface area contributed by atoms with Gasteiger partial charge in [0.2, 0.25) is 0 Å². The lowest BCUT2D eigenvalue weighted by molar-refractivity contribution is 0.0827. The Morgan fingerprint density at radius 1 is 1.05 bits per heavy atom. The molecular formula is C17H21N3O. The van der Waals surface area contributed by atoms with Crippen LogP contribution >= 0.6 is 0 Å². The number of hydrogen-bond acceptors (Lipinski definition) is 3. The van der Waals surface area contributed by atoms with E-state index in [9.17, 15) is 4.79 Å². The van der Waals surface area contributed by atoms with Crippen LogP contribution in [0.25, 0.3) is 0 Å². The predicted molar refractivity (Wildman–Crippen MR) is 88.1 cm³/mol. The second-order valence-electron chi connectivity index (χ2n) is 5.44. The molecule has 2 rings (SSSR count). The summed E-state index contributed by atoms with van der Waals surface area (Å²) < 4.78 is 0. The van der Waals surface area contributed by atoms with Crippen LogP contribution in [0.15, 0.2) is 36.4 Å². The second-order valence-corrected chi connectivity index (χ2v) is 5.44. The van der Waals surface area contributed by atoms with Crippen molar-refractivity contribution >= 4 is 23.0 Å². The van der Waals surface area contributed by atoms with Crippen LogP contribution in [0.4, 0.5) is 17.1 Å². The maximum absolute atomic E-state index is 11.9. The van der Waals surface area contributed by atoms with Gasteiger partial charge in [-0.3, -0.25) is 4.79 Å². The molecule has 0 aliphatic carbocycles. The standard InChI is InChI=1S/C17H21N3O/c1-11-5-6-12(2)16(9-11)19-15-8-7-13(10-14(15)18)17(21)20(3)4/h5-10,19H,18H2,1-4H3. The van der Waals surface area contributed by atoms with Crippen molar-refractivity contribution in [3.63, 3.8) is 0 Å². The van der Waals surface area contributed by atoms with E-state index in [-0.39, 0.29) is 5.91 Å². The molecule has 0 radical (unpaired) electrons. The van der Waals surface area contributed by atoms with Crippen LogP contribution in [0.5, 0.6) is 0 Å². The summed E-state index contributed by atoms with van der Waals surface area (Å²) in [5.41, 5.74) is 11.4. The molecule has 4 heteroatoms. The van der Waals surface area contributed by atoms with Crippen LogP contribution < -0.4 is 11.1 Å². The zero-order valence-corrected chi connectivity index (χ0v) is 12.9. The highest BCUT2D eigenvalue weighted by atomic mass is 16.2. The van der Waals surface area contributed by atoms with Crippen molar-refractivity contribution in [2.75, 3.05) is 25.1 Å². The fourth-order valence-corrected chi connectivity index (χ4v) is 2.08. The predicted octanol–water partition coefficient (Wildman–Crippen LogP) is 3.33. The van der Waals surface area contributed by atoms with E-state index in [1.807, 2.05) is 19.9 Å². The lowest BCUT2D eigenvalue weighted by atomic mass is 10.1. The van der Waals surface area contributed by atoms with Gasteiger partial charge in [0.15, 0.2) is 0 Å². The van der Waals surface area contributed by atoms with Crippen LogP contribution in [0.2, 0.25) is 0 Å². The quantitative estimate of drug-likeness (QED) is 0.849. The van der Waals surface area contributed by atoms with Crippen molar-refractivity contribution in [3.05, 3.63) is 53.1 Å². The van der Waals surface area contributed by atoms with Gasteiger partial charge in [-0.25, -0.2) is 0 Å². The van der Waals surface area contributed by atoms with Crippen LogP contribution in [0.1, 0.15) is 21.5 Å². The summed E-state index contributed by atoms with van der Waals surface area (Å²) in [6, 6.07) is 11.5. The minimum atomic E-state index is -0.0556. The van der Waals surface area contributed by atoms with Crippen molar-refractivity contribution in [2.45, 2.75) is 13.8 Å². The minimum Gasteiger partial charge on any atom is -0.397 e. The van der Waals surface area contributed by atoms with Gasteiger partial charge in [-0.15, -0.1) is 0 Å². The Hall–Kier alpha value is -2.49. The van der Waals surface area contributed by atoms with E-state index >= 15 is 0 Å². The number of carbonyl (C=O) groups excluding carboxylic acids is 1. The molecule has 0 bridgehead atoms. The van der Waals surface area contributed by atoms with E-state index in [1.54, 1.807) is 26.2 Å². The summed E-state index contributed by atoms with van der Waals surface area (Å²) in [4.78, 5) is 13.4. The van der Waals surface area contributed by atoms with Crippen LogP contribution in [-0.2, 0) is 0 Å². The first-order valence-corrected chi connectivity index (χ1v) is 6.84. The number of nitrogens with one attached hydrogen (secondary N) is 1. The van der Waals surface area contributed by atoms with Crippen LogP contribution in [0, 0.1) is 13.8 Å². The smallest absolute Gasteiger partial charge is 0.253 e. The normalized spacial score (nSPS) is 10.3. The summed E-state index contributed by atoms with van der Waals surface area (Å²) in [6.45, 7) is 4.09. The molecule has 0 saturated carbocycles. The molecule has 3 N–H and O–H groups in total. The fourth-order valence-electron chi connectivity index (χ4n) is 2.08. The Kier molecular flexibility index (Phi) is 4.17. The van der Waals surface area contributed by atoms with Crippen molar-refractivity contribution in [2.24, 2.45) is 0 Å². The fraction of sp³-hybridized carbons (Fsp3) is 0.235. The number of anilines is 3. The molecule has 1 amide bonds. The zero-order chi connectivity index (χ0) is 15.6. The van der Waals surface area contributed by atoms with E-state index in [1.165, 1.54) is 10.5 Å². The molecular weight excluding hydrogens is 262 g/mol. The monoisotopic (exact) mass is 283 g/mol. The highest BCUT2D eigenvalue weighted by molar-refractivity contribution is 5.96. The molecule has 0 fully saturated rings. The number of rotatable bonds is 3. The summed E-state index contributed by atoms with van der Waals surface area (Å²) in [6.07, 6.45) is 0. The number of carbonyl (C=O) groups is 1. The van der Waals surface area contributed by atoms with Crippen LogP contribution in [0.3, 0.4) is 0 Å². The largest absolute Gasteiger partial charge is 0.397 e. The zero-order valence-electron chi connectivity index (χ0n) is 12.9. The van der Waals surface area contributed by atoms with E-state index in [2.05, 4.69) is 23.5 Å². The number of aryl methyl sites for hydroxylation is 2. The van der Waals surface area contributed by atoms with Gasteiger partial charge >= 0.3 is 0 Å². The number of nitrogens with two attached hydrogens (primary N) is 1. The summed E-state index contributed by atoms with van der Waals surface area (Å²) in [5, 5.41) is 3.33. The van der Waals surface area contributed by atoms with E-state index in [0.29, 0.717) is 11.3 Å². The van der Waals surface area contributed by atoms with Crippen molar-refractivity contribution in [3.8, 4) is 0 Å². The van der Waals surface area contributed by atoms with Crippen molar-refractivity contribution in [1.82, 2.24) is 4.90 Å². The molecule has 0 saturated heterocycles. The molecule has 110 valence electrons. The molecule has 4 nitrogen and oxygen atoms in total. The second kappa shape index (κ2) is 5.87. The molecule has 2 aromatic rings. The Labute approximate surface area is 125 Å². The highest BCUT2D eigenvalue weighted by Crippen LogP contribution is 2.27. The van der Waals surface area contributed by atoms with Crippen LogP contribution in [-0.4, -0.2) is 24.9 Å². The van der Waals surface area contributed by atoms with Crippen molar-refractivity contribution < 1.29 is 4.79 Å². The van der Waals surface area contributed by atoms with Gasteiger partial charge in [-0.05, 0) is 49.2 Å². The average molecular weight is 283 g/mol. The maximum Gasteiger partial charge on any atom is 0.253 e. The van der Waals surface area contributed by atoms with Gasteiger partial charge in [0.1, 0.15) is 0 Å². The van der Waals surface area contributed by atoms with Gasteiger partial charge in [-0.1, -0.05) is 12.1 Å². The lowest BCUT2D eigenvalue weighted by Gasteiger charge is -2.15. The Morgan fingerprint density at radius 3 is 2.38 bits per heavy atom. The van der Waals surface area contributed by atoms with Gasteiger partial charge in [0.25, 0.3) is 5.91 Å². The number of benzene rings is 2. The molecule has 0 aliphatic heterocycles. The average Bonchev–Trinajstić information content (AvgIpc) is 2.44. The van der Waals surface area contributed by atoms with Gasteiger partial charge < -0.3 is 16.0 Å². The molecule has 0 aliphatic rings. The van der Waals surface area contributed by atoms with E-state index in [0.717, 1.165) is 16.9 Å². The molecule has 0 heterocycles. The topological polar surface area (TPSA) is 58.4 Å². The first-order valence-electron chi connectivity index (χ1n) is 6.84. The first kappa shape index (κ1) is 14.9. The maximum atomic E-state index is 11.9. The highest BCUT2D eigenvalue weighted by Gasteiger charge is 2.10. The van der Waals surface area contributed by atoms with Gasteiger partial charge in [-0.2, -0.15) is 0 Å². The molecule has 0 atom stereocenters. The molecule has 0 spiro atoms. The Morgan fingerprint density at radius 2 is 1.76 bits per heavy atom. The molecule has 0 unspecified atom stereocenters. The summed E-state index contributed by atoms with van der Waals surface area (Å²) in [5.74, 6) is -0.0556. The number of nitrogens with zero attached hydrogens (tertiary/aromatic N) is 1. The van der Waals surface area contributed by atoms with E-state index < -0.39 is 0 Å². The van der Waals surface area contributed by atoms with Gasteiger partial charge in [0.05, 0.1) is 11.4 Å².